The maximum absolute atomic E-state index is 5.92. The average molecular weight is 286 g/mol. The summed E-state index contributed by atoms with van der Waals surface area (Å²) in [6.07, 6.45) is 2.43. The lowest BCUT2D eigenvalue weighted by molar-refractivity contribution is 0.470. The third-order valence-electron chi connectivity index (χ3n) is 3.00. The summed E-state index contributed by atoms with van der Waals surface area (Å²) in [5.41, 5.74) is 1.39. The molecule has 1 N–H and O–H groups in total. The van der Waals surface area contributed by atoms with Crippen LogP contribution >= 0.6 is 23.4 Å². The van der Waals surface area contributed by atoms with Crippen molar-refractivity contribution in [1.82, 2.24) is 5.32 Å². The van der Waals surface area contributed by atoms with Crippen LogP contribution in [0.4, 0.5) is 0 Å². The predicted molar refractivity (Wildman–Crippen MR) is 84.8 cm³/mol. The van der Waals surface area contributed by atoms with Crippen molar-refractivity contribution in [2.24, 2.45) is 5.92 Å². The molecule has 3 heteroatoms. The first-order chi connectivity index (χ1) is 8.76. The fraction of sp³-hybridized carbons (Fsp3) is 0.600. The van der Waals surface area contributed by atoms with E-state index in [0.29, 0.717) is 0 Å². The number of halogens is 1. The molecule has 0 aromatic heterocycles. The highest BCUT2D eigenvalue weighted by atomic mass is 35.5. The maximum atomic E-state index is 5.92. The van der Waals surface area contributed by atoms with E-state index in [4.69, 9.17) is 11.6 Å². The maximum Gasteiger partial charge on any atom is 0.0406 e. The zero-order valence-corrected chi connectivity index (χ0v) is 13.0. The van der Waals surface area contributed by atoms with Crippen LogP contribution in [-0.4, -0.2) is 24.6 Å². The minimum atomic E-state index is 0.727. The molecule has 1 atom stereocenters. The van der Waals surface area contributed by atoms with E-state index in [1.54, 1.807) is 0 Å². The number of benzene rings is 1. The fourth-order valence-corrected chi connectivity index (χ4v) is 2.89. The van der Waals surface area contributed by atoms with Gasteiger partial charge in [-0.15, -0.1) is 0 Å². The number of thioether (sulfide) groups is 1. The highest BCUT2D eigenvalue weighted by Crippen LogP contribution is 2.17. The van der Waals surface area contributed by atoms with Crippen LogP contribution in [0.25, 0.3) is 0 Å². The number of rotatable bonds is 9. The lowest BCUT2D eigenvalue weighted by Gasteiger charge is -2.17. The minimum absolute atomic E-state index is 0.727. The third kappa shape index (κ3) is 6.67. The van der Waals surface area contributed by atoms with E-state index in [2.05, 4.69) is 31.3 Å². The van der Waals surface area contributed by atoms with Crippen molar-refractivity contribution in [3.63, 3.8) is 0 Å². The molecule has 0 spiro atoms. The summed E-state index contributed by atoms with van der Waals surface area (Å²) in [4.78, 5) is 0. The Balaban J connectivity index is 2.45. The molecule has 102 valence electrons. The summed E-state index contributed by atoms with van der Waals surface area (Å²) in [5.74, 6) is 3.21. The lowest BCUT2D eigenvalue weighted by Crippen LogP contribution is -2.24. The summed E-state index contributed by atoms with van der Waals surface area (Å²) in [7, 11) is 0. The predicted octanol–water partition coefficient (Wildman–Crippen LogP) is 4.25. The van der Waals surface area contributed by atoms with Crippen molar-refractivity contribution in [3.8, 4) is 0 Å². The van der Waals surface area contributed by atoms with E-state index < -0.39 is 0 Å². The molecule has 1 aromatic rings. The first-order valence-electron chi connectivity index (χ1n) is 6.79. The molecule has 0 radical (unpaired) electrons. The monoisotopic (exact) mass is 285 g/mol. The summed E-state index contributed by atoms with van der Waals surface area (Å²) >= 11 is 7.95. The van der Waals surface area contributed by atoms with Crippen LogP contribution < -0.4 is 5.32 Å². The van der Waals surface area contributed by atoms with Crippen molar-refractivity contribution in [1.29, 1.82) is 0 Å². The Labute approximate surface area is 121 Å². The molecule has 18 heavy (non-hydrogen) atoms. The van der Waals surface area contributed by atoms with Gasteiger partial charge in [0, 0.05) is 5.02 Å². The number of nitrogens with one attached hydrogen (secondary N) is 1. The van der Waals surface area contributed by atoms with E-state index in [0.717, 1.165) is 30.5 Å². The van der Waals surface area contributed by atoms with Gasteiger partial charge in [-0.2, -0.15) is 11.8 Å². The van der Waals surface area contributed by atoms with Gasteiger partial charge in [0.2, 0.25) is 0 Å². The summed E-state index contributed by atoms with van der Waals surface area (Å²) in [5, 5.41) is 4.29. The van der Waals surface area contributed by atoms with Gasteiger partial charge in [0.05, 0.1) is 0 Å². The van der Waals surface area contributed by atoms with Crippen LogP contribution in [0.1, 0.15) is 25.8 Å². The first-order valence-corrected chi connectivity index (χ1v) is 8.32. The first kappa shape index (κ1) is 15.9. The second-order valence-electron chi connectivity index (χ2n) is 4.49. The lowest BCUT2D eigenvalue weighted by atomic mass is 9.97. The Morgan fingerprint density at radius 1 is 1.22 bits per heavy atom. The van der Waals surface area contributed by atoms with Crippen molar-refractivity contribution < 1.29 is 0 Å². The molecule has 0 saturated carbocycles. The minimum Gasteiger partial charge on any atom is -0.317 e. The molecule has 0 fully saturated rings. The van der Waals surface area contributed by atoms with E-state index in [9.17, 15) is 0 Å². The van der Waals surface area contributed by atoms with Crippen molar-refractivity contribution in [2.45, 2.75) is 26.7 Å². The molecule has 0 aliphatic heterocycles. The molecule has 0 aliphatic carbocycles. The Morgan fingerprint density at radius 3 is 2.56 bits per heavy atom. The molecule has 0 heterocycles. The standard InChI is InChI=1S/C15H24ClNS/c1-3-17-12-14(9-10-18-4-2)11-13-5-7-15(16)8-6-13/h5-8,14,17H,3-4,9-12H2,1-2H3. The molecule has 1 aromatic carbocycles. The summed E-state index contributed by atoms with van der Waals surface area (Å²) in [6, 6.07) is 8.27. The van der Waals surface area contributed by atoms with Gasteiger partial charge in [-0.05, 0) is 61.1 Å². The molecule has 1 nitrogen and oxygen atoms in total. The third-order valence-corrected chi connectivity index (χ3v) is 4.18. The number of hydrogen-bond acceptors (Lipinski definition) is 2. The van der Waals surface area contributed by atoms with Gasteiger partial charge in [0.25, 0.3) is 0 Å². The van der Waals surface area contributed by atoms with E-state index in [-0.39, 0.29) is 0 Å². The SMILES string of the molecule is CCNCC(CCSCC)Cc1ccc(Cl)cc1. The Hall–Kier alpha value is -0.180. The molecule has 0 aliphatic rings. The summed E-state index contributed by atoms with van der Waals surface area (Å²) in [6.45, 7) is 6.56. The van der Waals surface area contributed by atoms with Crippen LogP contribution in [0.2, 0.25) is 5.02 Å². The van der Waals surface area contributed by atoms with Gasteiger partial charge < -0.3 is 5.32 Å². The zero-order chi connectivity index (χ0) is 13.2. The van der Waals surface area contributed by atoms with E-state index in [1.807, 2.05) is 23.9 Å². The molecule has 1 rings (SSSR count). The smallest absolute Gasteiger partial charge is 0.0406 e. The van der Waals surface area contributed by atoms with Gasteiger partial charge in [0.15, 0.2) is 0 Å². The normalized spacial score (nSPS) is 12.6. The van der Waals surface area contributed by atoms with E-state index in [1.165, 1.54) is 23.5 Å². The van der Waals surface area contributed by atoms with E-state index >= 15 is 0 Å². The van der Waals surface area contributed by atoms with Crippen LogP contribution in [0.15, 0.2) is 24.3 Å². The van der Waals surface area contributed by atoms with Crippen LogP contribution in [0, 0.1) is 5.92 Å². The second-order valence-corrected chi connectivity index (χ2v) is 6.32. The molecule has 0 amide bonds. The Kier molecular flexibility index (Phi) is 8.57. The average Bonchev–Trinajstić information content (AvgIpc) is 2.38. The van der Waals surface area contributed by atoms with Crippen molar-refractivity contribution in [2.75, 3.05) is 24.6 Å². The Morgan fingerprint density at radius 2 is 1.94 bits per heavy atom. The molecule has 0 bridgehead atoms. The molecule has 1 unspecified atom stereocenters. The van der Waals surface area contributed by atoms with Crippen LogP contribution in [0.3, 0.4) is 0 Å². The van der Waals surface area contributed by atoms with Gasteiger partial charge in [-0.25, -0.2) is 0 Å². The highest BCUT2D eigenvalue weighted by Gasteiger charge is 2.09. The zero-order valence-electron chi connectivity index (χ0n) is 11.4. The van der Waals surface area contributed by atoms with Gasteiger partial charge in [-0.3, -0.25) is 0 Å². The van der Waals surface area contributed by atoms with Crippen LogP contribution in [0.5, 0.6) is 0 Å². The quantitative estimate of drug-likeness (QED) is 0.681. The van der Waals surface area contributed by atoms with Gasteiger partial charge in [-0.1, -0.05) is 37.6 Å². The van der Waals surface area contributed by atoms with Crippen molar-refractivity contribution in [3.05, 3.63) is 34.9 Å². The number of hydrogen-bond donors (Lipinski definition) is 1. The van der Waals surface area contributed by atoms with Crippen molar-refractivity contribution >= 4 is 23.4 Å². The van der Waals surface area contributed by atoms with Gasteiger partial charge >= 0.3 is 0 Å². The second kappa shape index (κ2) is 9.71. The highest BCUT2D eigenvalue weighted by molar-refractivity contribution is 7.99. The van der Waals surface area contributed by atoms with Crippen LogP contribution in [-0.2, 0) is 6.42 Å². The van der Waals surface area contributed by atoms with Gasteiger partial charge in [0.1, 0.15) is 0 Å². The molecule has 0 saturated heterocycles. The fourth-order valence-electron chi connectivity index (χ4n) is 1.97. The Bertz CT molecular complexity index is 313. The molecular weight excluding hydrogens is 262 g/mol. The largest absolute Gasteiger partial charge is 0.317 e. The topological polar surface area (TPSA) is 12.0 Å². The molecular formula is C15H24ClNS. The summed E-state index contributed by atoms with van der Waals surface area (Å²) < 4.78 is 0.